The summed E-state index contributed by atoms with van der Waals surface area (Å²) in [6.45, 7) is 10.9. The van der Waals surface area contributed by atoms with Gasteiger partial charge in [-0.1, -0.05) is 26.0 Å². The van der Waals surface area contributed by atoms with Crippen molar-refractivity contribution in [3.8, 4) is 17.1 Å². The lowest BCUT2D eigenvalue weighted by Crippen LogP contribution is -2.23. The van der Waals surface area contributed by atoms with E-state index in [-0.39, 0.29) is 17.8 Å². The van der Waals surface area contributed by atoms with Crippen molar-refractivity contribution < 1.29 is 5.11 Å². The molecule has 0 fully saturated rings. The van der Waals surface area contributed by atoms with Gasteiger partial charge in [-0.3, -0.25) is 9.39 Å². The number of hydrogen-bond donors (Lipinski definition) is 3. The van der Waals surface area contributed by atoms with Crippen molar-refractivity contribution in [3.63, 3.8) is 0 Å². The highest BCUT2D eigenvalue weighted by Gasteiger charge is 2.20. The van der Waals surface area contributed by atoms with E-state index in [4.69, 9.17) is 21.4 Å². The molecule has 0 saturated heterocycles. The van der Waals surface area contributed by atoms with Crippen molar-refractivity contribution in [1.29, 1.82) is 0 Å². The van der Waals surface area contributed by atoms with Crippen LogP contribution < -0.4 is 16.4 Å². The van der Waals surface area contributed by atoms with Gasteiger partial charge in [-0.05, 0) is 45.2 Å². The number of aryl methyl sites for hydroxylation is 1. The van der Waals surface area contributed by atoms with E-state index in [2.05, 4.69) is 61.9 Å². The molecule has 2 aromatic heterocycles. The van der Waals surface area contributed by atoms with Crippen LogP contribution in [-0.4, -0.2) is 45.1 Å². The summed E-state index contributed by atoms with van der Waals surface area (Å²) in [6.07, 6.45) is 4.15. The number of aromatic hydroxyl groups is 1. The van der Waals surface area contributed by atoms with E-state index in [0.29, 0.717) is 24.3 Å². The minimum atomic E-state index is 0.0858. The van der Waals surface area contributed by atoms with Crippen LogP contribution in [0.4, 0.5) is 5.69 Å². The Bertz CT molecular complexity index is 1060. The highest BCUT2D eigenvalue weighted by atomic mass is 16.3. The molecule has 1 unspecified atom stereocenters. The Hall–Kier alpha value is -3.29. The normalized spacial score (nSPS) is 12.1. The molecule has 5 N–H and O–H groups in total. The van der Waals surface area contributed by atoms with Crippen molar-refractivity contribution in [1.82, 2.24) is 14.4 Å². The van der Waals surface area contributed by atoms with Crippen LogP contribution in [0.15, 0.2) is 35.5 Å². The molecule has 8 heteroatoms. The van der Waals surface area contributed by atoms with Crippen LogP contribution in [0.1, 0.15) is 57.8 Å². The quantitative estimate of drug-likeness (QED) is 0.253. The summed E-state index contributed by atoms with van der Waals surface area (Å²) in [5.74, 6) is 0.423. The molecular weight excluding hydrogens is 402 g/mol. The van der Waals surface area contributed by atoms with E-state index in [1.807, 2.05) is 6.20 Å². The van der Waals surface area contributed by atoms with Crippen molar-refractivity contribution in [2.45, 2.75) is 52.9 Å². The molecule has 32 heavy (non-hydrogen) atoms. The van der Waals surface area contributed by atoms with Gasteiger partial charge >= 0.3 is 0 Å². The third-order valence-corrected chi connectivity index (χ3v) is 5.91. The van der Waals surface area contributed by atoms with Crippen LogP contribution in [0.25, 0.3) is 16.9 Å². The lowest BCUT2D eigenvalue weighted by atomic mass is 10.1. The molecule has 0 aliphatic heterocycles. The molecular formula is C24H35N7O. The standard InChI is InChI=1S/C24H35N7O/c1-5-16(4)21-23(32)31-15-20(17-10-12-18(13-11-17)30(6-2)7-3)28-19(22(31)29-21)9-8-14-27-24(25)26/h10-13,15-16,32H,5-9,14H2,1-4H3,(H4,25,26,27). The molecule has 3 rings (SSSR count). The molecule has 172 valence electrons. The van der Waals surface area contributed by atoms with Crippen LogP contribution in [0, 0.1) is 0 Å². The number of nitrogens with two attached hydrogens (primary N) is 2. The first-order valence-electron chi connectivity index (χ1n) is 11.4. The first-order valence-corrected chi connectivity index (χ1v) is 11.4. The van der Waals surface area contributed by atoms with E-state index < -0.39 is 0 Å². The number of hydrogen-bond acceptors (Lipinski definition) is 5. The molecule has 0 aliphatic carbocycles. The smallest absolute Gasteiger partial charge is 0.219 e. The Morgan fingerprint density at radius 1 is 1.12 bits per heavy atom. The molecule has 0 saturated carbocycles. The van der Waals surface area contributed by atoms with Gasteiger partial charge in [0.1, 0.15) is 5.69 Å². The molecule has 2 heterocycles. The maximum absolute atomic E-state index is 10.9. The lowest BCUT2D eigenvalue weighted by molar-refractivity contribution is 0.435. The first kappa shape index (κ1) is 23.4. The summed E-state index contributed by atoms with van der Waals surface area (Å²) in [4.78, 5) is 16.0. The van der Waals surface area contributed by atoms with E-state index in [1.165, 1.54) is 5.69 Å². The third-order valence-electron chi connectivity index (χ3n) is 5.91. The minimum absolute atomic E-state index is 0.0858. The molecule has 1 aromatic carbocycles. The van der Waals surface area contributed by atoms with Gasteiger partial charge in [-0.25, -0.2) is 9.97 Å². The summed E-state index contributed by atoms with van der Waals surface area (Å²) in [6, 6.07) is 8.39. The summed E-state index contributed by atoms with van der Waals surface area (Å²) in [7, 11) is 0. The number of nitrogens with zero attached hydrogens (tertiary/aromatic N) is 5. The number of guanidine groups is 1. The number of fused-ring (bicyclic) bond motifs is 1. The van der Waals surface area contributed by atoms with E-state index in [0.717, 1.165) is 42.9 Å². The second-order valence-electron chi connectivity index (χ2n) is 8.03. The van der Waals surface area contributed by atoms with E-state index in [9.17, 15) is 5.11 Å². The van der Waals surface area contributed by atoms with Gasteiger partial charge in [0.15, 0.2) is 11.6 Å². The number of aliphatic imine (C=N–C) groups is 1. The average molecular weight is 438 g/mol. The SMILES string of the molecule is CCC(C)c1nc2c(CCCN=C(N)N)nc(-c3ccc(N(CC)CC)cc3)cn2c1O. The van der Waals surface area contributed by atoms with Crippen LogP contribution >= 0.6 is 0 Å². The Morgan fingerprint density at radius 3 is 2.41 bits per heavy atom. The number of benzene rings is 1. The fourth-order valence-corrected chi connectivity index (χ4v) is 3.83. The van der Waals surface area contributed by atoms with Crippen LogP contribution in [-0.2, 0) is 6.42 Å². The average Bonchev–Trinajstić information content (AvgIpc) is 3.14. The molecule has 0 radical (unpaired) electrons. The molecule has 0 amide bonds. The Balaban J connectivity index is 2.04. The number of aromatic nitrogens is 3. The topological polar surface area (TPSA) is 118 Å². The van der Waals surface area contributed by atoms with E-state index in [1.54, 1.807) is 4.40 Å². The van der Waals surface area contributed by atoms with Gasteiger partial charge in [0.25, 0.3) is 0 Å². The zero-order chi connectivity index (χ0) is 23.3. The van der Waals surface area contributed by atoms with E-state index >= 15 is 0 Å². The fourth-order valence-electron chi connectivity index (χ4n) is 3.83. The van der Waals surface area contributed by atoms with Crippen LogP contribution in [0.3, 0.4) is 0 Å². The Morgan fingerprint density at radius 2 is 1.81 bits per heavy atom. The maximum Gasteiger partial charge on any atom is 0.219 e. The third kappa shape index (κ3) is 4.95. The number of rotatable bonds is 10. The summed E-state index contributed by atoms with van der Waals surface area (Å²) < 4.78 is 1.76. The predicted molar refractivity (Wildman–Crippen MR) is 131 cm³/mol. The van der Waals surface area contributed by atoms with Crippen LogP contribution in [0.2, 0.25) is 0 Å². The molecule has 3 aromatic rings. The second-order valence-corrected chi connectivity index (χ2v) is 8.03. The molecule has 8 nitrogen and oxygen atoms in total. The zero-order valence-corrected chi connectivity index (χ0v) is 19.5. The van der Waals surface area contributed by atoms with Gasteiger partial charge in [-0.15, -0.1) is 0 Å². The molecule has 0 aliphatic rings. The molecule has 0 bridgehead atoms. The van der Waals surface area contributed by atoms with Gasteiger partial charge in [0.2, 0.25) is 5.88 Å². The maximum atomic E-state index is 10.9. The molecule has 0 spiro atoms. The van der Waals surface area contributed by atoms with Crippen molar-refractivity contribution >= 4 is 17.3 Å². The fraction of sp³-hybridized carbons (Fsp3) is 0.458. The predicted octanol–water partition coefficient (Wildman–Crippen LogP) is 3.67. The highest BCUT2D eigenvalue weighted by Crippen LogP contribution is 2.31. The van der Waals surface area contributed by atoms with Gasteiger partial charge in [0.05, 0.1) is 11.4 Å². The summed E-state index contributed by atoms with van der Waals surface area (Å²) >= 11 is 0. The number of imidazole rings is 1. The van der Waals surface area contributed by atoms with Crippen LogP contribution in [0.5, 0.6) is 5.88 Å². The molecule has 1 atom stereocenters. The van der Waals surface area contributed by atoms with Gasteiger partial charge in [0, 0.05) is 43.0 Å². The Kier molecular flexibility index (Phi) is 7.56. The minimum Gasteiger partial charge on any atom is -0.493 e. The second kappa shape index (κ2) is 10.3. The highest BCUT2D eigenvalue weighted by molar-refractivity contribution is 5.75. The number of anilines is 1. The first-order chi connectivity index (χ1) is 15.4. The lowest BCUT2D eigenvalue weighted by Gasteiger charge is -2.21. The Labute approximate surface area is 190 Å². The van der Waals surface area contributed by atoms with Crippen molar-refractivity contribution in [3.05, 3.63) is 41.9 Å². The summed E-state index contributed by atoms with van der Waals surface area (Å²) in [5, 5.41) is 10.9. The zero-order valence-electron chi connectivity index (χ0n) is 19.5. The monoisotopic (exact) mass is 437 g/mol. The summed E-state index contributed by atoms with van der Waals surface area (Å²) in [5.41, 5.74) is 16.1. The van der Waals surface area contributed by atoms with Crippen molar-refractivity contribution in [2.24, 2.45) is 16.5 Å². The van der Waals surface area contributed by atoms with Crippen molar-refractivity contribution in [2.75, 3.05) is 24.5 Å². The largest absolute Gasteiger partial charge is 0.493 e. The van der Waals surface area contributed by atoms with Gasteiger partial charge < -0.3 is 21.5 Å². The van der Waals surface area contributed by atoms with Gasteiger partial charge in [-0.2, -0.15) is 0 Å².